The normalized spacial score (nSPS) is 12.2. The molecule has 22 heavy (non-hydrogen) atoms. The largest absolute Gasteiger partial charge is 0.386 e. The molecule has 1 unspecified atom stereocenters. The van der Waals surface area contributed by atoms with Gasteiger partial charge in [0.05, 0.1) is 5.69 Å². The molecule has 2 aromatic heterocycles. The van der Waals surface area contributed by atoms with E-state index < -0.39 is 6.10 Å². The Hall–Kier alpha value is -2.44. The molecule has 0 fully saturated rings. The molecule has 5 nitrogen and oxygen atoms in total. The van der Waals surface area contributed by atoms with E-state index in [4.69, 9.17) is 0 Å². The second-order valence-corrected chi connectivity index (χ2v) is 5.97. The Morgan fingerprint density at radius 2 is 2.14 bits per heavy atom. The van der Waals surface area contributed by atoms with Gasteiger partial charge in [0.1, 0.15) is 11.8 Å². The van der Waals surface area contributed by atoms with Crippen LogP contribution in [0.1, 0.15) is 32.0 Å². The molecule has 2 heterocycles. The summed E-state index contributed by atoms with van der Waals surface area (Å²) in [6, 6.07) is 12.9. The molecule has 0 bridgehead atoms. The number of nitrogens with one attached hydrogen (secondary N) is 2. The molecule has 1 aromatic carbocycles. The number of H-pyrrole nitrogens is 1. The maximum atomic E-state index is 11.9. The molecule has 0 aliphatic carbocycles. The van der Waals surface area contributed by atoms with Gasteiger partial charge in [0.25, 0.3) is 5.91 Å². The van der Waals surface area contributed by atoms with Gasteiger partial charge in [-0.25, -0.2) is 0 Å². The number of fused-ring (bicyclic) bond motifs is 1. The summed E-state index contributed by atoms with van der Waals surface area (Å²) in [7, 11) is 0. The smallest absolute Gasteiger partial charge is 0.267 e. The Kier molecular flexibility index (Phi) is 4.04. The minimum atomic E-state index is -0.762. The number of aromatic amines is 1. The SMILES string of the molecule is O=Cc1ccc(C(=O)NCC(O)c2cc3ccccc3s2)[nH]1. The fourth-order valence-corrected chi connectivity index (χ4v) is 3.22. The van der Waals surface area contributed by atoms with Crippen molar-refractivity contribution in [2.24, 2.45) is 0 Å². The third-order valence-electron chi connectivity index (χ3n) is 3.31. The molecule has 1 atom stereocenters. The Labute approximate surface area is 130 Å². The molecule has 112 valence electrons. The van der Waals surface area contributed by atoms with Gasteiger partial charge in [-0.15, -0.1) is 11.3 Å². The third-order valence-corrected chi connectivity index (χ3v) is 4.53. The number of amides is 1. The van der Waals surface area contributed by atoms with Gasteiger partial charge in [0.2, 0.25) is 0 Å². The number of carbonyl (C=O) groups is 2. The number of carbonyl (C=O) groups excluding carboxylic acids is 2. The molecule has 0 radical (unpaired) electrons. The number of aromatic nitrogens is 1. The molecule has 0 aliphatic heterocycles. The second-order valence-electron chi connectivity index (χ2n) is 4.86. The minimum absolute atomic E-state index is 0.112. The lowest BCUT2D eigenvalue weighted by Crippen LogP contribution is -2.28. The summed E-state index contributed by atoms with van der Waals surface area (Å²) in [5, 5.41) is 13.9. The first-order chi connectivity index (χ1) is 10.7. The lowest BCUT2D eigenvalue weighted by Gasteiger charge is -2.09. The van der Waals surface area contributed by atoms with E-state index in [-0.39, 0.29) is 12.5 Å². The van der Waals surface area contributed by atoms with Crippen molar-refractivity contribution in [1.29, 1.82) is 0 Å². The Bertz CT molecular complexity index is 789. The van der Waals surface area contributed by atoms with Crippen LogP contribution in [0.25, 0.3) is 10.1 Å². The molecular weight excluding hydrogens is 300 g/mol. The quantitative estimate of drug-likeness (QED) is 0.633. The number of rotatable bonds is 5. The predicted octanol–water partition coefficient (Wildman–Crippen LogP) is 2.51. The predicted molar refractivity (Wildman–Crippen MR) is 85.3 cm³/mol. The fraction of sp³-hybridized carbons (Fsp3) is 0.125. The maximum Gasteiger partial charge on any atom is 0.267 e. The molecule has 3 rings (SSSR count). The second kappa shape index (κ2) is 6.13. The van der Waals surface area contributed by atoms with Gasteiger partial charge in [-0.1, -0.05) is 18.2 Å². The molecule has 3 N–H and O–H groups in total. The number of aliphatic hydroxyl groups is 1. The zero-order chi connectivity index (χ0) is 15.5. The summed E-state index contributed by atoms with van der Waals surface area (Å²) in [4.78, 5) is 26.0. The van der Waals surface area contributed by atoms with Crippen LogP contribution in [0.4, 0.5) is 0 Å². The highest BCUT2D eigenvalue weighted by Gasteiger charge is 2.14. The van der Waals surface area contributed by atoms with E-state index in [1.807, 2.05) is 30.3 Å². The van der Waals surface area contributed by atoms with E-state index in [0.717, 1.165) is 15.0 Å². The van der Waals surface area contributed by atoms with Gasteiger partial charge in [-0.3, -0.25) is 9.59 Å². The molecule has 6 heteroatoms. The standard InChI is InChI=1S/C16H14N2O3S/c19-9-11-5-6-12(18-11)16(21)17-8-13(20)15-7-10-3-1-2-4-14(10)22-15/h1-7,9,13,18,20H,8H2,(H,17,21). The Morgan fingerprint density at radius 1 is 1.32 bits per heavy atom. The van der Waals surface area contributed by atoms with E-state index in [2.05, 4.69) is 10.3 Å². The molecule has 1 amide bonds. The van der Waals surface area contributed by atoms with Crippen molar-refractivity contribution in [3.05, 3.63) is 58.7 Å². The van der Waals surface area contributed by atoms with Gasteiger partial charge < -0.3 is 15.4 Å². The van der Waals surface area contributed by atoms with E-state index in [1.54, 1.807) is 0 Å². The third kappa shape index (κ3) is 2.93. The summed E-state index contributed by atoms with van der Waals surface area (Å²) in [5.41, 5.74) is 0.640. The average molecular weight is 314 g/mol. The van der Waals surface area contributed by atoms with Gasteiger partial charge in [0.15, 0.2) is 6.29 Å². The van der Waals surface area contributed by atoms with Crippen LogP contribution >= 0.6 is 11.3 Å². The van der Waals surface area contributed by atoms with Crippen LogP contribution in [0.3, 0.4) is 0 Å². The fourth-order valence-electron chi connectivity index (χ4n) is 2.16. The summed E-state index contributed by atoms with van der Waals surface area (Å²) >= 11 is 1.51. The summed E-state index contributed by atoms with van der Waals surface area (Å²) in [5.74, 6) is -0.353. The monoisotopic (exact) mass is 314 g/mol. The van der Waals surface area contributed by atoms with Crippen molar-refractivity contribution in [1.82, 2.24) is 10.3 Å². The van der Waals surface area contributed by atoms with Crippen LogP contribution < -0.4 is 5.32 Å². The zero-order valence-corrected chi connectivity index (χ0v) is 12.4. The average Bonchev–Trinajstić information content (AvgIpc) is 3.18. The topological polar surface area (TPSA) is 82.2 Å². The van der Waals surface area contributed by atoms with Crippen molar-refractivity contribution < 1.29 is 14.7 Å². The first kappa shape index (κ1) is 14.5. The summed E-state index contributed by atoms with van der Waals surface area (Å²) in [6.07, 6.45) is -0.120. The Balaban J connectivity index is 1.65. The van der Waals surface area contributed by atoms with Crippen LogP contribution in [-0.4, -0.2) is 28.8 Å². The van der Waals surface area contributed by atoms with Crippen molar-refractivity contribution >= 4 is 33.6 Å². The highest BCUT2D eigenvalue weighted by molar-refractivity contribution is 7.19. The zero-order valence-electron chi connectivity index (χ0n) is 11.6. The van der Waals surface area contributed by atoms with E-state index >= 15 is 0 Å². The van der Waals surface area contributed by atoms with Gasteiger partial charge in [0, 0.05) is 16.1 Å². The maximum absolute atomic E-state index is 11.9. The number of aliphatic hydroxyl groups excluding tert-OH is 1. The number of aldehydes is 1. The van der Waals surface area contributed by atoms with Crippen molar-refractivity contribution in [3.63, 3.8) is 0 Å². The van der Waals surface area contributed by atoms with E-state index in [1.165, 1.54) is 23.5 Å². The highest BCUT2D eigenvalue weighted by atomic mass is 32.1. The lowest BCUT2D eigenvalue weighted by molar-refractivity contribution is 0.0913. The lowest BCUT2D eigenvalue weighted by atomic mass is 10.2. The van der Waals surface area contributed by atoms with Gasteiger partial charge in [-0.2, -0.15) is 0 Å². The Morgan fingerprint density at radius 3 is 2.86 bits per heavy atom. The van der Waals surface area contributed by atoms with Crippen LogP contribution in [0.2, 0.25) is 0 Å². The van der Waals surface area contributed by atoms with Crippen LogP contribution in [0.15, 0.2) is 42.5 Å². The molecule has 0 saturated carbocycles. The van der Waals surface area contributed by atoms with E-state index in [0.29, 0.717) is 17.7 Å². The van der Waals surface area contributed by atoms with Crippen LogP contribution in [0, 0.1) is 0 Å². The van der Waals surface area contributed by atoms with Gasteiger partial charge in [-0.05, 0) is 29.7 Å². The molecule has 0 saturated heterocycles. The summed E-state index contributed by atoms with van der Waals surface area (Å²) < 4.78 is 1.10. The minimum Gasteiger partial charge on any atom is -0.386 e. The van der Waals surface area contributed by atoms with Crippen LogP contribution in [-0.2, 0) is 0 Å². The highest BCUT2D eigenvalue weighted by Crippen LogP contribution is 2.29. The van der Waals surface area contributed by atoms with Gasteiger partial charge >= 0.3 is 0 Å². The molecule has 3 aromatic rings. The molecule has 0 aliphatic rings. The van der Waals surface area contributed by atoms with Crippen molar-refractivity contribution in [3.8, 4) is 0 Å². The first-order valence-corrected chi connectivity index (χ1v) is 7.58. The first-order valence-electron chi connectivity index (χ1n) is 6.76. The van der Waals surface area contributed by atoms with Crippen LogP contribution in [0.5, 0.6) is 0 Å². The number of hydrogen-bond donors (Lipinski definition) is 3. The molecular formula is C16H14N2O3S. The van der Waals surface area contributed by atoms with Crippen molar-refractivity contribution in [2.75, 3.05) is 6.54 Å². The van der Waals surface area contributed by atoms with E-state index in [9.17, 15) is 14.7 Å². The number of thiophene rings is 1. The van der Waals surface area contributed by atoms with Crippen molar-refractivity contribution in [2.45, 2.75) is 6.10 Å². The summed E-state index contributed by atoms with van der Waals surface area (Å²) in [6.45, 7) is 0.112. The number of benzene rings is 1. The number of hydrogen-bond acceptors (Lipinski definition) is 4. The molecule has 0 spiro atoms.